The molecule has 3 nitrogen and oxygen atoms in total. The first-order valence-electron chi connectivity index (χ1n) is 5.93. The van der Waals surface area contributed by atoms with Crippen molar-refractivity contribution >= 4 is 0 Å². The fourth-order valence-electron chi connectivity index (χ4n) is 1.68. The van der Waals surface area contributed by atoms with Crippen LogP contribution >= 0.6 is 0 Å². The lowest BCUT2D eigenvalue weighted by atomic mass is 10.2. The molecule has 2 aromatic carbocycles. The van der Waals surface area contributed by atoms with E-state index in [4.69, 9.17) is 9.84 Å². The van der Waals surface area contributed by atoms with Gasteiger partial charge in [-0.1, -0.05) is 24.3 Å². The lowest BCUT2D eigenvalue weighted by Crippen LogP contribution is -2.04. The molecule has 0 atom stereocenters. The largest absolute Gasteiger partial charge is 0.457 e. The van der Waals surface area contributed by atoms with Gasteiger partial charge in [0.15, 0.2) is 0 Å². The van der Waals surface area contributed by atoms with E-state index in [0.717, 1.165) is 23.6 Å². The van der Waals surface area contributed by atoms with Crippen LogP contribution in [0.3, 0.4) is 0 Å². The van der Waals surface area contributed by atoms with Gasteiger partial charge in [-0.25, -0.2) is 0 Å². The van der Waals surface area contributed by atoms with Gasteiger partial charge in [-0.05, 0) is 42.4 Å². The van der Waals surface area contributed by atoms with Crippen LogP contribution in [0.15, 0.2) is 48.5 Å². The summed E-state index contributed by atoms with van der Waals surface area (Å²) in [6, 6.07) is 15.4. The van der Waals surface area contributed by atoms with E-state index in [1.54, 1.807) is 0 Å². The van der Waals surface area contributed by atoms with E-state index in [0.29, 0.717) is 0 Å². The maximum Gasteiger partial charge on any atom is 0.127 e. The summed E-state index contributed by atoms with van der Waals surface area (Å²) in [4.78, 5) is 0. The Kier molecular flexibility index (Phi) is 4.34. The monoisotopic (exact) mass is 243 g/mol. The Labute approximate surface area is 107 Å². The first-order valence-corrected chi connectivity index (χ1v) is 5.93. The molecule has 0 saturated heterocycles. The summed E-state index contributed by atoms with van der Waals surface area (Å²) in [5.41, 5.74) is 2.10. The van der Waals surface area contributed by atoms with E-state index in [9.17, 15) is 0 Å². The Morgan fingerprint density at radius 2 is 1.39 bits per heavy atom. The Morgan fingerprint density at radius 1 is 0.889 bits per heavy atom. The van der Waals surface area contributed by atoms with Gasteiger partial charge in [0.2, 0.25) is 0 Å². The molecule has 0 fully saturated rings. The van der Waals surface area contributed by atoms with Crippen molar-refractivity contribution in [1.29, 1.82) is 0 Å². The van der Waals surface area contributed by atoms with Crippen LogP contribution in [0.1, 0.15) is 11.1 Å². The first-order chi connectivity index (χ1) is 8.81. The van der Waals surface area contributed by atoms with Crippen LogP contribution in [-0.2, 0) is 13.2 Å². The normalized spacial score (nSPS) is 10.3. The van der Waals surface area contributed by atoms with Crippen molar-refractivity contribution in [2.24, 2.45) is 0 Å². The molecule has 2 aromatic rings. The minimum atomic E-state index is 0.0546. The van der Waals surface area contributed by atoms with Gasteiger partial charge in [-0.3, -0.25) is 0 Å². The molecule has 3 heteroatoms. The molecule has 0 amide bonds. The second-order valence-corrected chi connectivity index (χ2v) is 4.08. The molecule has 18 heavy (non-hydrogen) atoms. The molecule has 0 heterocycles. The number of nitrogens with one attached hydrogen (secondary N) is 1. The molecule has 0 aromatic heterocycles. The zero-order valence-electron chi connectivity index (χ0n) is 10.4. The Bertz CT molecular complexity index is 477. The van der Waals surface area contributed by atoms with Crippen molar-refractivity contribution in [1.82, 2.24) is 5.32 Å². The molecule has 2 N–H and O–H groups in total. The van der Waals surface area contributed by atoms with Gasteiger partial charge in [0.25, 0.3) is 0 Å². The molecule has 0 aliphatic heterocycles. The summed E-state index contributed by atoms with van der Waals surface area (Å²) < 4.78 is 5.71. The molecule has 0 aliphatic carbocycles. The quantitative estimate of drug-likeness (QED) is 0.848. The Balaban J connectivity index is 2.03. The Hall–Kier alpha value is -1.84. The zero-order chi connectivity index (χ0) is 12.8. The summed E-state index contributed by atoms with van der Waals surface area (Å²) >= 11 is 0. The predicted molar refractivity (Wildman–Crippen MR) is 71.6 cm³/mol. The maximum absolute atomic E-state index is 8.95. The highest BCUT2D eigenvalue weighted by Crippen LogP contribution is 2.22. The third-order valence-electron chi connectivity index (χ3n) is 2.65. The fourth-order valence-corrected chi connectivity index (χ4v) is 1.68. The molecule has 0 unspecified atom stereocenters. The van der Waals surface area contributed by atoms with E-state index >= 15 is 0 Å². The summed E-state index contributed by atoms with van der Waals surface area (Å²) in [7, 11) is 1.92. The van der Waals surface area contributed by atoms with Gasteiger partial charge in [0.1, 0.15) is 11.5 Å². The van der Waals surface area contributed by atoms with Crippen LogP contribution in [0, 0.1) is 0 Å². The second-order valence-electron chi connectivity index (χ2n) is 4.08. The lowest BCUT2D eigenvalue weighted by Gasteiger charge is -2.07. The van der Waals surface area contributed by atoms with Gasteiger partial charge < -0.3 is 15.2 Å². The number of ether oxygens (including phenoxy) is 1. The molecule has 0 aliphatic rings. The fraction of sp³-hybridized carbons (Fsp3) is 0.200. The van der Waals surface area contributed by atoms with Crippen LogP contribution in [0.5, 0.6) is 11.5 Å². The van der Waals surface area contributed by atoms with Crippen molar-refractivity contribution in [3.05, 3.63) is 59.7 Å². The standard InChI is InChI=1S/C15H17NO2/c1-16-10-12-2-6-14(7-3-12)18-15-8-4-13(11-17)5-9-15/h2-9,16-17H,10-11H2,1H3. The van der Waals surface area contributed by atoms with Crippen molar-refractivity contribution in [2.45, 2.75) is 13.2 Å². The van der Waals surface area contributed by atoms with Crippen LogP contribution < -0.4 is 10.1 Å². The average molecular weight is 243 g/mol. The van der Waals surface area contributed by atoms with Gasteiger partial charge in [0.05, 0.1) is 6.61 Å². The summed E-state index contributed by atoms with van der Waals surface area (Å²) in [6.45, 7) is 0.907. The number of benzene rings is 2. The lowest BCUT2D eigenvalue weighted by molar-refractivity contribution is 0.281. The third kappa shape index (κ3) is 3.32. The number of aliphatic hydroxyl groups is 1. The minimum Gasteiger partial charge on any atom is -0.457 e. The van der Waals surface area contributed by atoms with E-state index in [1.807, 2.05) is 55.6 Å². The first kappa shape index (κ1) is 12.6. The van der Waals surface area contributed by atoms with E-state index in [1.165, 1.54) is 5.56 Å². The van der Waals surface area contributed by atoms with Crippen LogP contribution in [0.25, 0.3) is 0 Å². The molecule has 94 valence electrons. The van der Waals surface area contributed by atoms with Crippen molar-refractivity contribution in [3.63, 3.8) is 0 Å². The number of hydrogen-bond acceptors (Lipinski definition) is 3. The molecule has 0 bridgehead atoms. The smallest absolute Gasteiger partial charge is 0.127 e. The molecule has 0 saturated carbocycles. The number of aliphatic hydroxyl groups excluding tert-OH is 1. The highest BCUT2D eigenvalue weighted by Gasteiger charge is 1.98. The average Bonchev–Trinajstić information content (AvgIpc) is 2.42. The second kappa shape index (κ2) is 6.19. The molecular formula is C15H17NO2. The molecular weight excluding hydrogens is 226 g/mol. The number of hydrogen-bond donors (Lipinski definition) is 2. The summed E-state index contributed by atoms with van der Waals surface area (Å²) in [5, 5.41) is 12.1. The van der Waals surface area contributed by atoms with Gasteiger partial charge in [-0.15, -0.1) is 0 Å². The highest BCUT2D eigenvalue weighted by molar-refractivity contribution is 5.34. The summed E-state index contributed by atoms with van der Waals surface area (Å²) in [6.07, 6.45) is 0. The van der Waals surface area contributed by atoms with E-state index in [2.05, 4.69) is 5.32 Å². The Morgan fingerprint density at radius 3 is 1.83 bits per heavy atom. The maximum atomic E-state index is 8.95. The van der Waals surface area contributed by atoms with Crippen molar-refractivity contribution < 1.29 is 9.84 Å². The van der Waals surface area contributed by atoms with E-state index in [-0.39, 0.29) is 6.61 Å². The topological polar surface area (TPSA) is 41.5 Å². The van der Waals surface area contributed by atoms with Crippen LogP contribution in [-0.4, -0.2) is 12.2 Å². The minimum absolute atomic E-state index is 0.0546. The molecule has 2 rings (SSSR count). The molecule has 0 spiro atoms. The third-order valence-corrected chi connectivity index (χ3v) is 2.65. The molecule has 0 radical (unpaired) electrons. The van der Waals surface area contributed by atoms with Crippen molar-refractivity contribution in [2.75, 3.05) is 7.05 Å². The van der Waals surface area contributed by atoms with Crippen LogP contribution in [0.2, 0.25) is 0 Å². The van der Waals surface area contributed by atoms with Crippen molar-refractivity contribution in [3.8, 4) is 11.5 Å². The SMILES string of the molecule is CNCc1ccc(Oc2ccc(CO)cc2)cc1. The van der Waals surface area contributed by atoms with Gasteiger partial charge >= 0.3 is 0 Å². The highest BCUT2D eigenvalue weighted by atomic mass is 16.5. The van der Waals surface area contributed by atoms with Gasteiger partial charge in [-0.2, -0.15) is 0 Å². The predicted octanol–water partition coefficient (Wildman–Crippen LogP) is 2.69. The van der Waals surface area contributed by atoms with E-state index < -0.39 is 0 Å². The zero-order valence-corrected chi connectivity index (χ0v) is 10.4. The number of rotatable bonds is 5. The van der Waals surface area contributed by atoms with Crippen LogP contribution in [0.4, 0.5) is 0 Å². The summed E-state index contributed by atoms with van der Waals surface area (Å²) in [5.74, 6) is 1.58. The van der Waals surface area contributed by atoms with Gasteiger partial charge in [0, 0.05) is 6.54 Å².